The number of hydrogen-bond donors (Lipinski definition) is 3. The molecule has 3 rings (SSSR count). The second kappa shape index (κ2) is 10.1. The summed E-state index contributed by atoms with van der Waals surface area (Å²) in [4.78, 5) is 24.8. The van der Waals surface area contributed by atoms with Crippen molar-refractivity contribution >= 4 is 29.1 Å². The van der Waals surface area contributed by atoms with Crippen LogP contribution < -0.4 is 16.0 Å². The number of benzene rings is 1. The van der Waals surface area contributed by atoms with Gasteiger partial charge in [0.15, 0.2) is 0 Å². The Morgan fingerprint density at radius 3 is 2.22 bits per heavy atom. The summed E-state index contributed by atoms with van der Waals surface area (Å²) in [5, 5.41) is 9.68. The molecule has 0 heterocycles. The van der Waals surface area contributed by atoms with E-state index in [-0.39, 0.29) is 24.4 Å². The third kappa shape index (κ3) is 6.22. The number of carbonyl (C=O) groups is 2. The topological polar surface area (TPSA) is 70.2 Å². The van der Waals surface area contributed by atoms with Crippen molar-refractivity contribution in [2.24, 2.45) is 0 Å². The van der Waals surface area contributed by atoms with Gasteiger partial charge < -0.3 is 16.0 Å². The van der Waals surface area contributed by atoms with Crippen molar-refractivity contribution in [3.8, 4) is 0 Å². The molecule has 0 atom stereocenters. The Bertz CT molecular complexity index is 653. The lowest BCUT2D eigenvalue weighted by Gasteiger charge is -2.23. The molecule has 0 spiro atoms. The Balaban J connectivity index is 1.53. The predicted molar refractivity (Wildman–Crippen MR) is 109 cm³/mol. The van der Waals surface area contributed by atoms with E-state index in [1.807, 2.05) is 0 Å². The van der Waals surface area contributed by atoms with Crippen LogP contribution in [0.2, 0.25) is 5.02 Å². The van der Waals surface area contributed by atoms with E-state index in [9.17, 15) is 9.59 Å². The summed E-state index contributed by atoms with van der Waals surface area (Å²) in [7, 11) is 0. The fourth-order valence-corrected chi connectivity index (χ4v) is 4.24. The highest BCUT2D eigenvalue weighted by molar-refractivity contribution is 6.34. The van der Waals surface area contributed by atoms with Crippen molar-refractivity contribution in [2.45, 2.75) is 76.3 Å². The van der Waals surface area contributed by atoms with E-state index in [0.717, 1.165) is 38.5 Å². The normalized spacial score (nSPS) is 18.9. The summed E-state index contributed by atoms with van der Waals surface area (Å²) in [5.41, 5.74) is 1.02. The van der Waals surface area contributed by atoms with Crippen molar-refractivity contribution in [1.82, 2.24) is 10.6 Å². The largest absolute Gasteiger partial charge is 0.349 e. The molecule has 0 unspecified atom stereocenters. The highest BCUT2D eigenvalue weighted by Gasteiger charge is 2.19. The molecule has 2 amide bonds. The molecule has 0 saturated heterocycles. The fraction of sp³-hybridized carbons (Fsp3) is 0.619. The Hall–Kier alpha value is -1.59. The van der Waals surface area contributed by atoms with E-state index in [1.165, 1.54) is 25.7 Å². The molecule has 0 radical (unpaired) electrons. The Morgan fingerprint density at radius 1 is 0.926 bits per heavy atom. The molecule has 5 nitrogen and oxygen atoms in total. The van der Waals surface area contributed by atoms with Gasteiger partial charge in [-0.05, 0) is 43.9 Å². The minimum atomic E-state index is -0.164. The van der Waals surface area contributed by atoms with E-state index >= 15 is 0 Å². The van der Waals surface area contributed by atoms with Crippen LogP contribution in [-0.2, 0) is 4.79 Å². The highest BCUT2D eigenvalue weighted by atomic mass is 35.5. The van der Waals surface area contributed by atoms with Crippen LogP contribution in [0, 0.1) is 0 Å². The first-order valence-electron chi connectivity index (χ1n) is 10.3. The summed E-state index contributed by atoms with van der Waals surface area (Å²) >= 11 is 6.22. The van der Waals surface area contributed by atoms with Crippen LogP contribution in [0.3, 0.4) is 0 Å². The Labute approximate surface area is 166 Å². The number of amides is 2. The number of halogens is 1. The molecule has 0 aliphatic heterocycles. The van der Waals surface area contributed by atoms with E-state index in [2.05, 4.69) is 16.0 Å². The third-order valence-electron chi connectivity index (χ3n) is 5.59. The van der Waals surface area contributed by atoms with Crippen LogP contribution in [0.5, 0.6) is 0 Å². The zero-order chi connectivity index (χ0) is 19.1. The molecule has 2 aliphatic carbocycles. The second-order valence-electron chi connectivity index (χ2n) is 7.77. The fourth-order valence-electron chi connectivity index (χ4n) is 4.04. The van der Waals surface area contributed by atoms with Gasteiger partial charge in [-0.2, -0.15) is 0 Å². The molecule has 6 heteroatoms. The predicted octanol–water partition coefficient (Wildman–Crippen LogP) is 4.26. The summed E-state index contributed by atoms with van der Waals surface area (Å²) in [5.74, 6) is -0.259. The number of carbonyl (C=O) groups excluding carboxylic acids is 2. The maximum absolute atomic E-state index is 12.6. The van der Waals surface area contributed by atoms with Gasteiger partial charge >= 0.3 is 0 Å². The van der Waals surface area contributed by atoms with E-state index < -0.39 is 0 Å². The zero-order valence-corrected chi connectivity index (χ0v) is 16.6. The molecule has 1 aromatic carbocycles. The monoisotopic (exact) mass is 391 g/mol. The standard InChI is InChI=1S/C21H30ClN3O2/c22-19-12-11-17(24-20(26)14-23-15-7-3-1-4-8-15)13-18(19)21(27)25-16-9-5-2-6-10-16/h11-13,15-16,23H,1-10,14H2,(H,24,26)(H,25,27). The van der Waals surface area contributed by atoms with Crippen molar-refractivity contribution in [2.75, 3.05) is 11.9 Å². The first-order chi connectivity index (χ1) is 13.1. The van der Waals surface area contributed by atoms with Crippen LogP contribution in [-0.4, -0.2) is 30.4 Å². The molecular weight excluding hydrogens is 362 g/mol. The SMILES string of the molecule is O=C(CNC1CCCCC1)Nc1ccc(Cl)c(C(=O)NC2CCCCC2)c1. The maximum atomic E-state index is 12.6. The molecule has 2 saturated carbocycles. The van der Waals surface area contributed by atoms with E-state index in [4.69, 9.17) is 11.6 Å². The Kier molecular flexibility index (Phi) is 7.53. The average molecular weight is 392 g/mol. The summed E-state index contributed by atoms with van der Waals surface area (Å²) in [6.45, 7) is 0.289. The summed E-state index contributed by atoms with van der Waals surface area (Å²) < 4.78 is 0. The first-order valence-corrected chi connectivity index (χ1v) is 10.6. The van der Waals surface area contributed by atoms with Gasteiger partial charge in [-0.15, -0.1) is 0 Å². The number of nitrogens with one attached hydrogen (secondary N) is 3. The van der Waals surface area contributed by atoms with Gasteiger partial charge in [0, 0.05) is 17.8 Å². The molecule has 2 aliphatic rings. The van der Waals surface area contributed by atoms with Crippen LogP contribution >= 0.6 is 11.6 Å². The lowest BCUT2D eigenvalue weighted by molar-refractivity contribution is -0.115. The quantitative estimate of drug-likeness (QED) is 0.678. The van der Waals surface area contributed by atoms with Crippen molar-refractivity contribution in [3.05, 3.63) is 28.8 Å². The lowest BCUT2D eigenvalue weighted by Crippen LogP contribution is -2.37. The van der Waals surface area contributed by atoms with Gasteiger partial charge in [0.05, 0.1) is 17.1 Å². The molecule has 0 bridgehead atoms. The molecular formula is C21H30ClN3O2. The van der Waals surface area contributed by atoms with Crippen molar-refractivity contribution < 1.29 is 9.59 Å². The maximum Gasteiger partial charge on any atom is 0.253 e. The number of hydrogen-bond acceptors (Lipinski definition) is 3. The molecule has 0 aromatic heterocycles. The third-order valence-corrected chi connectivity index (χ3v) is 5.92. The van der Waals surface area contributed by atoms with Crippen LogP contribution in [0.4, 0.5) is 5.69 Å². The molecule has 3 N–H and O–H groups in total. The van der Waals surface area contributed by atoms with Crippen molar-refractivity contribution in [3.63, 3.8) is 0 Å². The van der Waals surface area contributed by atoms with E-state index in [0.29, 0.717) is 22.3 Å². The van der Waals surface area contributed by atoms with Crippen LogP contribution in [0.15, 0.2) is 18.2 Å². The minimum absolute atomic E-state index is 0.0958. The van der Waals surface area contributed by atoms with Gasteiger partial charge in [0.25, 0.3) is 5.91 Å². The molecule has 1 aromatic rings. The summed E-state index contributed by atoms with van der Waals surface area (Å²) in [6.07, 6.45) is 11.6. The second-order valence-corrected chi connectivity index (χ2v) is 8.17. The first kappa shape index (κ1) is 20.2. The summed E-state index contributed by atoms with van der Waals surface area (Å²) in [6, 6.07) is 5.73. The minimum Gasteiger partial charge on any atom is -0.349 e. The van der Waals surface area contributed by atoms with Gasteiger partial charge in [-0.3, -0.25) is 9.59 Å². The van der Waals surface area contributed by atoms with Gasteiger partial charge in [0.1, 0.15) is 0 Å². The van der Waals surface area contributed by atoms with Gasteiger partial charge in [-0.25, -0.2) is 0 Å². The van der Waals surface area contributed by atoms with Crippen molar-refractivity contribution in [1.29, 1.82) is 0 Å². The molecule has 27 heavy (non-hydrogen) atoms. The molecule has 148 valence electrons. The van der Waals surface area contributed by atoms with Gasteiger partial charge in [-0.1, -0.05) is 50.1 Å². The Morgan fingerprint density at radius 2 is 1.56 bits per heavy atom. The number of rotatable bonds is 6. The van der Waals surface area contributed by atoms with Crippen LogP contribution in [0.1, 0.15) is 74.6 Å². The smallest absolute Gasteiger partial charge is 0.253 e. The van der Waals surface area contributed by atoms with Crippen LogP contribution in [0.25, 0.3) is 0 Å². The lowest BCUT2D eigenvalue weighted by atomic mass is 9.95. The zero-order valence-electron chi connectivity index (χ0n) is 15.9. The number of anilines is 1. The highest BCUT2D eigenvalue weighted by Crippen LogP contribution is 2.23. The van der Waals surface area contributed by atoms with Gasteiger partial charge in [0.2, 0.25) is 5.91 Å². The average Bonchev–Trinajstić information content (AvgIpc) is 2.69. The molecule has 2 fully saturated rings. The van der Waals surface area contributed by atoms with E-state index in [1.54, 1.807) is 18.2 Å².